The van der Waals surface area contributed by atoms with Gasteiger partial charge in [-0.05, 0) is 42.8 Å². The van der Waals surface area contributed by atoms with E-state index in [9.17, 15) is 9.59 Å². The molecule has 18 heavy (non-hydrogen) atoms. The van der Waals surface area contributed by atoms with Gasteiger partial charge in [-0.3, -0.25) is 19.5 Å². The summed E-state index contributed by atoms with van der Waals surface area (Å²) >= 11 is 0.991. The van der Waals surface area contributed by atoms with Crippen LogP contribution in [0.4, 0.5) is 4.79 Å². The van der Waals surface area contributed by atoms with Crippen LogP contribution in [-0.2, 0) is 4.79 Å². The Bertz CT molecular complexity index is 499. The first-order valence-corrected chi connectivity index (χ1v) is 6.62. The number of amides is 2. The third-order valence-electron chi connectivity index (χ3n) is 2.84. The van der Waals surface area contributed by atoms with Crippen molar-refractivity contribution in [2.24, 2.45) is 0 Å². The molecule has 5 heteroatoms. The highest BCUT2D eigenvalue weighted by molar-refractivity contribution is 8.18. The van der Waals surface area contributed by atoms with Gasteiger partial charge in [0.05, 0.1) is 4.91 Å². The molecule has 2 heterocycles. The molecule has 0 unspecified atom stereocenters. The lowest BCUT2D eigenvalue weighted by Gasteiger charge is -2.19. The second-order valence-corrected chi connectivity index (χ2v) is 5.09. The second-order valence-electron chi connectivity index (χ2n) is 4.10. The SMILES string of the molecule is CC[C@H](C)N1C(=O)S/C(=C/c2cccnc2)C1=O. The van der Waals surface area contributed by atoms with Gasteiger partial charge in [0.1, 0.15) is 0 Å². The number of carbonyl (C=O) groups is 2. The first-order valence-electron chi connectivity index (χ1n) is 5.80. The summed E-state index contributed by atoms with van der Waals surface area (Å²) in [5.74, 6) is -0.205. The van der Waals surface area contributed by atoms with Gasteiger partial charge < -0.3 is 0 Å². The molecule has 1 atom stereocenters. The van der Waals surface area contributed by atoms with Gasteiger partial charge in [-0.2, -0.15) is 0 Å². The van der Waals surface area contributed by atoms with Gasteiger partial charge in [-0.15, -0.1) is 0 Å². The molecule has 0 aromatic carbocycles. The predicted octanol–water partition coefficient (Wildman–Crippen LogP) is 2.92. The maximum absolute atomic E-state index is 12.1. The summed E-state index contributed by atoms with van der Waals surface area (Å²) in [5, 5.41) is -0.190. The van der Waals surface area contributed by atoms with Gasteiger partial charge in [-0.1, -0.05) is 13.0 Å². The number of thioether (sulfide) groups is 1. The predicted molar refractivity (Wildman–Crippen MR) is 71.8 cm³/mol. The van der Waals surface area contributed by atoms with E-state index in [1.54, 1.807) is 24.5 Å². The fourth-order valence-corrected chi connectivity index (χ4v) is 2.59. The molecule has 1 aromatic rings. The Labute approximate surface area is 110 Å². The van der Waals surface area contributed by atoms with E-state index in [0.717, 1.165) is 23.7 Å². The third-order valence-corrected chi connectivity index (χ3v) is 3.72. The van der Waals surface area contributed by atoms with Crippen LogP contribution < -0.4 is 0 Å². The number of hydrogen-bond acceptors (Lipinski definition) is 4. The molecule has 1 aliphatic rings. The van der Waals surface area contributed by atoms with Gasteiger partial charge >= 0.3 is 0 Å². The quantitative estimate of drug-likeness (QED) is 0.786. The molecule has 0 spiro atoms. The minimum absolute atomic E-state index is 0.0581. The summed E-state index contributed by atoms with van der Waals surface area (Å²) in [4.78, 5) is 29.7. The lowest BCUT2D eigenvalue weighted by molar-refractivity contribution is -0.124. The van der Waals surface area contributed by atoms with Crippen LogP contribution in [0.3, 0.4) is 0 Å². The zero-order valence-corrected chi connectivity index (χ0v) is 11.1. The summed E-state index contributed by atoms with van der Waals surface area (Å²) < 4.78 is 0. The van der Waals surface area contributed by atoms with Crippen molar-refractivity contribution in [3.8, 4) is 0 Å². The van der Waals surface area contributed by atoms with Crippen molar-refractivity contribution in [2.75, 3.05) is 0 Å². The van der Waals surface area contributed by atoms with E-state index in [4.69, 9.17) is 0 Å². The third kappa shape index (κ3) is 2.46. The normalized spacial score (nSPS) is 19.7. The molecular formula is C13H14N2O2S. The maximum Gasteiger partial charge on any atom is 0.293 e. The standard InChI is InChI=1S/C13H14N2O2S/c1-3-9(2)15-12(16)11(18-13(15)17)7-10-5-4-6-14-8-10/h4-9H,3H2,1-2H3/b11-7+/t9-/m0/s1. The summed E-state index contributed by atoms with van der Waals surface area (Å²) in [6.45, 7) is 3.84. The molecule has 0 aliphatic carbocycles. The van der Waals surface area contributed by atoms with Crippen LogP contribution in [0.5, 0.6) is 0 Å². The van der Waals surface area contributed by atoms with Gasteiger partial charge in [0.15, 0.2) is 0 Å². The Balaban J connectivity index is 2.26. The smallest absolute Gasteiger partial charge is 0.268 e. The summed E-state index contributed by atoms with van der Waals surface area (Å²) in [6, 6.07) is 3.59. The Morgan fingerprint density at radius 3 is 2.89 bits per heavy atom. The molecule has 1 fully saturated rings. The minimum Gasteiger partial charge on any atom is -0.268 e. The van der Waals surface area contributed by atoms with Gasteiger partial charge in [0, 0.05) is 18.4 Å². The topological polar surface area (TPSA) is 50.3 Å². The van der Waals surface area contributed by atoms with Crippen LogP contribution in [0.25, 0.3) is 6.08 Å². The Morgan fingerprint density at radius 1 is 1.50 bits per heavy atom. The molecular weight excluding hydrogens is 248 g/mol. The van der Waals surface area contributed by atoms with Gasteiger partial charge in [0.25, 0.3) is 11.1 Å². The van der Waals surface area contributed by atoms with Crippen LogP contribution in [-0.4, -0.2) is 27.1 Å². The average Bonchev–Trinajstić information content (AvgIpc) is 2.65. The zero-order valence-electron chi connectivity index (χ0n) is 10.3. The molecule has 0 radical (unpaired) electrons. The first-order chi connectivity index (χ1) is 8.63. The Morgan fingerprint density at radius 2 is 2.28 bits per heavy atom. The second kappa shape index (κ2) is 5.35. The number of nitrogens with zero attached hydrogens (tertiary/aromatic N) is 2. The molecule has 4 nitrogen and oxygen atoms in total. The van der Waals surface area contributed by atoms with Crippen molar-refractivity contribution in [1.29, 1.82) is 0 Å². The molecule has 0 bridgehead atoms. The lowest BCUT2D eigenvalue weighted by atomic mass is 10.2. The number of imide groups is 1. The molecule has 94 valence electrons. The number of rotatable bonds is 3. The van der Waals surface area contributed by atoms with Crippen molar-refractivity contribution in [1.82, 2.24) is 9.88 Å². The molecule has 2 amide bonds. The van der Waals surface area contributed by atoms with Crippen molar-refractivity contribution < 1.29 is 9.59 Å². The summed E-state index contributed by atoms with van der Waals surface area (Å²) in [7, 11) is 0. The van der Waals surface area contributed by atoms with E-state index in [-0.39, 0.29) is 17.2 Å². The largest absolute Gasteiger partial charge is 0.293 e. The van der Waals surface area contributed by atoms with Gasteiger partial charge in [0.2, 0.25) is 0 Å². The lowest BCUT2D eigenvalue weighted by Crippen LogP contribution is -2.36. The molecule has 2 rings (SSSR count). The molecule has 0 saturated carbocycles. The Hall–Kier alpha value is -1.62. The van der Waals surface area contributed by atoms with Crippen molar-refractivity contribution in [3.05, 3.63) is 35.0 Å². The molecule has 1 aliphatic heterocycles. The van der Waals surface area contributed by atoms with Crippen LogP contribution in [0.2, 0.25) is 0 Å². The maximum atomic E-state index is 12.1. The summed E-state index contributed by atoms with van der Waals surface area (Å²) in [6.07, 6.45) is 5.80. The van der Waals surface area contributed by atoms with Crippen LogP contribution in [0.1, 0.15) is 25.8 Å². The highest BCUT2D eigenvalue weighted by atomic mass is 32.2. The monoisotopic (exact) mass is 262 g/mol. The van der Waals surface area contributed by atoms with E-state index >= 15 is 0 Å². The summed E-state index contributed by atoms with van der Waals surface area (Å²) in [5.41, 5.74) is 0.826. The number of carbonyl (C=O) groups excluding carboxylic acids is 2. The molecule has 1 aromatic heterocycles. The highest BCUT2D eigenvalue weighted by Crippen LogP contribution is 2.33. The van der Waals surface area contributed by atoms with Crippen LogP contribution in [0, 0.1) is 0 Å². The number of pyridine rings is 1. The van der Waals surface area contributed by atoms with Crippen LogP contribution >= 0.6 is 11.8 Å². The van der Waals surface area contributed by atoms with E-state index in [0.29, 0.717) is 4.91 Å². The highest BCUT2D eigenvalue weighted by Gasteiger charge is 2.37. The fourth-order valence-electron chi connectivity index (χ4n) is 1.66. The van der Waals surface area contributed by atoms with E-state index in [1.165, 1.54) is 4.90 Å². The van der Waals surface area contributed by atoms with Crippen LogP contribution in [0.15, 0.2) is 29.4 Å². The van der Waals surface area contributed by atoms with Crippen molar-refractivity contribution in [3.63, 3.8) is 0 Å². The zero-order chi connectivity index (χ0) is 13.1. The minimum atomic E-state index is -0.205. The fraction of sp³-hybridized carbons (Fsp3) is 0.308. The van der Waals surface area contributed by atoms with E-state index < -0.39 is 0 Å². The molecule has 0 N–H and O–H groups in total. The molecule has 1 saturated heterocycles. The number of aromatic nitrogens is 1. The van der Waals surface area contributed by atoms with Gasteiger partial charge in [-0.25, -0.2) is 0 Å². The Kier molecular flexibility index (Phi) is 3.81. The first kappa shape index (κ1) is 12.8. The van der Waals surface area contributed by atoms with Crippen molar-refractivity contribution in [2.45, 2.75) is 26.3 Å². The average molecular weight is 262 g/mol. The van der Waals surface area contributed by atoms with E-state index in [1.807, 2.05) is 19.9 Å². The van der Waals surface area contributed by atoms with Crippen molar-refractivity contribution >= 4 is 29.0 Å². The van der Waals surface area contributed by atoms with E-state index in [2.05, 4.69) is 4.98 Å². The number of hydrogen-bond donors (Lipinski definition) is 0.